The van der Waals surface area contributed by atoms with E-state index in [1.165, 1.54) is 25.7 Å². The summed E-state index contributed by atoms with van der Waals surface area (Å²) in [5.74, 6) is 2.08. The average Bonchev–Trinajstić information content (AvgIpc) is 3.14. The van der Waals surface area contributed by atoms with Gasteiger partial charge in [-0.15, -0.1) is 10.2 Å². The highest BCUT2D eigenvalue weighted by Crippen LogP contribution is 2.29. The van der Waals surface area contributed by atoms with Crippen LogP contribution in [0.5, 0.6) is 11.5 Å². The summed E-state index contributed by atoms with van der Waals surface area (Å²) in [5, 5.41) is 14.5. The number of benzene rings is 2. The Morgan fingerprint density at radius 1 is 0.879 bits per heavy atom. The topological polar surface area (TPSA) is 88.6 Å². The molecule has 0 aliphatic carbocycles. The van der Waals surface area contributed by atoms with Gasteiger partial charge in [0.05, 0.1) is 25.6 Å². The number of ether oxygens (including phenoxy) is 2. The lowest BCUT2D eigenvalue weighted by Crippen LogP contribution is -2.25. The van der Waals surface area contributed by atoms with Crippen LogP contribution in [0.25, 0.3) is 11.3 Å². The minimum atomic E-state index is -0.388. The van der Waals surface area contributed by atoms with Gasteiger partial charge in [-0.25, -0.2) is 4.79 Å². The molecule has 1 saturated heterocycles. The fraction of sp³-hybridized carbons (Fsp3) is 0.320. The van der Waals surface area contributed by atoms with Crippen molar-refractivity contribution in [3.05, 3.63) is 54.6 Å². The lowest BCUT2D eigenvalue weighted by molar-refractivity contribution is 0.262. The van der Waals surface area contributed by atoms with E-state index in [1.54, 1.807) is 32.4 Å². The Labute approximate surface area is 193 Å². The highest BCUT2D eigenvalue weighted by Gasteiger charge is 2.13. The van der Waals surface area contributed by atoms with Gasteiger partial charge in [0.1, 0.15) is 11.5 Å². The maximum atomic E-state index is 12.6. The van der Waals surface area contributed by atoms with Crippen molar-refractivity contribution in [3.63, 3.8) is 0 Å². The summed E-state index contributed by atoms with van der Waals surface area (Å²) < 4.78 is 10.5. The molecule has 0 unspecified atom stereocenters. The second-order valence-electron chi connectivity index (χ2n) is 7.90. The lowest BCUT2D eigenvalue weighted by Gasteiger charge is -2.20. The van der Waals surface area contributed by atoms with Gasteiger partial charge in [0.25, 0.3) is 0 Å². The highest BCUT2D eigenvalue weighted by molar-refractivity contribution is 6.01. The summed E-state index contributed by atoms with van der Waals surface area (Å²) in [6, 6.07) is 16.3. The Morgan fingerprint density at radius 3 is 2.39 bits per heavy atom. The van der Waals surface area contributed by atoms with E-state index in [4.69, 9.17) is 9.47 Å². The van der Waals surface area contributed by atoms with E-state index in [2.05, 4.69) is 25.7 Å². The molecule has 2 aromatic carbocycles. The molecule has 172 valence electrons. The first-order valence-electron chi connectivity index (χ1n) is 11.2. The largest absolute Gasteiger partial charge is 0.497 e. The first-order chi connectivity index (χ1) is 16.2. The van der Waals surface area contributed by atoms with E-state index in [9.17, 15) is 4.79 Å². The van der Waals surface area contributed by atoms with Crippen LogP contribution in [-0.2, 0) is 0 Å². The van der Waals surface area contributed by atoms with Crippen LogP contribution < -0.4 is 25.0 Å². The Morgan fingerprint density at radius 2 is 1.70 bits per heavy atom. The molecule has 4 rings (SSSR count). The SMILES string of the molecule is COc1ccc(OC)c(NC(=O)Nc2cccc(-c3ccc(N4CCCCCC4)nn3)c2)c1. The molecule has 1 aromatic heterocycles. The summed E-state index contributed by atoms with van der Waals surface area (Å²) >= 11 is 0. The fourth-order valence-corrected chi connectivity index (χ4v) is 3.90. The summed E-state index contributed by atoms with van der Waals surface area (Å²) in [6.45, 7) is 2.06. The van der Waals surface area contributed by atoms with Gasteiger partial charge in [0, 0.05) is 30.4 Å². The van der Waals surface area contributed by atoms with Gasteiger partial charge in [0.15, 0.2) is 5.82 Å². The van der Waals surface area contributed by atoms with Gasteiger partial charge in [-0.05, 0) is 49.2 Å². The number of rotatable bonds is 6. The van der Waals surface area contributed by atoms with Crippen LogP contribution in [0.4, 0.5) is 22.0 Å². The number of hydrogen-bond acceptors (Lipinski definition) is 6. The minimum absolute atomic E-state index is 0.388. The second-order valence-corrected chi connectivity index (χ2v) is 7.90. The third-order valence-corrected chi connectivity index (χ3v) is 5.65. The summed E-state index contributed by atoms with van der Waals surface area (Å²) in [4.78, 5) is 14.9. The average molecular weight is 448 g/mol. The van der Waals surface area contributed by atoms with E-state index in [0.717, 1.165) is 30.2 Å². The molecule has 0 radical (unpaired) electrons. The van der Waals surface area contributed by atoms with Gasteiger partial charge in [0.2, 0.25) is 0 Å². The number of amides is 2. The van der Waals surface area contributed by atoms with Gasteiger partial charge in [-0.3, -0.25) is 0 Å². The number of aromatic nitrogens is 2. The molecule has 2 heterocycles. The molecular weight excluding hydrogens is 418 g/mol. The van der Waals surface area contributed by atoms with E-state index in [0.29, 0.717) is 22.9 Å². The number of nitrogens with zero attached hydrogens (tertiary/aromatic N) is 3. The van der Waals surface area contributed by atoms with Gasteiger partial charge in [-0.1, -0.05) is 25.0 Å². The summed E-state index contributed by atoms with van der Waals surface area (Å²) in [5.41, 5.74) is 2.79. The number of urea groups is 1. The monoisotopic (exact) mass is 447 g/mol. The predicted octanol–water partition coefficient (Wildman–Crippen LogP) is 5.19. The van der Waals surface area contributed by atoms with Crippen LogP contribution in [0.15, 0.2) is 54.6 Å². The van der Waals surface area contributed by atoms with Crippen molar-refractivity contribution in [1.29, 1.82) is 0 Å². The zero-order valence-electron chi connectivity index (χ0n) is 19.0. The first-order valence-corrected chi connectivity index (χ1v) is 11.2. The Kier molecular flexibility index (Phi) is 7.24. The van der Waals surface area contributed by atoms with Crippen LogP contribution in [0.2, 0.25) is 0 Å². The van der Waals surface area contributed by atoms with Crippen molar-refractivity contribution in [3.8, 4) is 22.8 Å². The van der Waals surface area contributed by atoms with Crippen molar-refractivity contribution in [2.75, 3.05) is 42.8 Å². The number of anilines is 3. The molecule has 33 heavy (non-hydrogen) atoms. The molecule has 1 fully saturated rings. The van der Waals surface area contributed by atoms with Crippen LogP contribution >= 0.6 is 0 Å². The molecule has 0 bridgehead atoms. The molecule has 0 atom stereocenters. The zero-order chi connectivity index (χ0) is 23.0. The van der Waals surface area contributed by atoms with E-state index in [-0.39, 0.29) is 6.03 Å². The zero-order valence-corrected chi connectivity index (χ0v) is 19.0. The highest BCUT2D eigenvalue weighted by atomic mass is 16.5. The molecule has 0 spiro atoms. The molecule has 0 saturated carbocycles. The Hall–Kier alpha value is -3.81. The molecule has 1 aliphatic heterocycles. The normalized spacial score (nSPS) is 13.7. The van der Waals surface area contributed by atoms with Crippen LogP contribution in [0, 0.1) is 0 Å². The smallest absolute Gasteiger partial charge is 0.323 e. The molecule has 8 nitrogen and oxygen atoms in total. The first kappa shape index (κ1) is 22.4. The van der Waals surface area contributed by atoms with Gasteiger partial charge >= 0.3 is 6.03 Å². The van der Waals surface area contributed by atoms with Crippen molar-refractivity contribution in [2.45, 2.75) is 25.7 Å². The molecular formula is C25H29N5O3. The van der Waals surface area contributed by atoms with Crippen LogP contribution in [0.1, 0.15) is 25.7 Å². The molecule has 8 heteroatoms. The number of hydrogen-bond donors (Lipinski definition) is 2. The van der Waals surface area contributed by atoms with Crippen molar-refractivity contribution < 1.29 is 14.3 Å². The molecule has 2 N–H and O–H groups in total. The lowest BCUT2D eigenvalue weighted by atomic mass is 10.1. The molecule has 1 aliphatic rings. The Balaban J connectivity index is 1.44. The Bertz CT molecular complexity index is 1080. The maximum absolute atomic E-state index is 12.6. The number of nitrogens with one attached hydrogen (secondary N) is 2. The van der Waals surface area contributed by atoms with Crippen LogP contribution in [-0.4, -0.2) is 43.5 Å². The van der Waals surface area contributed by atoms with E-state index >= 15 is 0 Å². The number of carbonyl (C=O) groups is 1. The quantitative estimate of drug-likeness (QED) is 0.541. The third-order valence-electron chi connectivity index (χ3n) is 5.65. The van der Waals surface area contributed by atoms with Crippen molar-refractivity contribution in [2.24, 2.45) is 0 Å². The second kappa shape index (κ2) is 10.7. The van der Waals surface area contributed by atoms with Crippen molar-refractivity contribution >= 4 is 23.2 Å². The fourth-order valence-electron chi connectivity index (χ4n) is 3.90. The number of methoxy groups -OCH3 is 2. The minimum Gasteiger partial charge on any atom is -0.497 e. The van der Waals surface area contributed by atoms with Gasteiger partial charge < -0.3 is 25.0 Å². The van der Waals surface area contributed by atoms with Gasteiger partial charge in [-0.2, -0.15) is 0 Å². The van der Waals surface area contributed by atoms with Crippen molar-refractivity contribution in [1.82, 2.24) is 10.2 Å². The standard InChI is InChI=1S/C25H29N5O3/c1-32-20-10-12-23(33-2)22(17-20)27-25(31)26-19-9-7-8-18(16-19)21-11-13-24(29-28-21)30-14-5-3-4-6-15-30/h7-13,16-17H,3-6,14-15H2,1-2H3,(H2,26,27,31). The summed E-state index contributed by atoms with van der Waals surface area (Å²) in [6.07, 6.45) is 4.95. The predicted molar refractivity (Wildman–Crippen MR) is 130 cm³/mol. The maximum Gasteiger partial charge on any atom is 0.323 e. The van der Waals surface area contributed by atoms with Crippen LogP contribution in [0.3, 0.4) is 0 Å². The van der Waals surface area contributed by atoms with E-state index < -0.39 is 0 Å². The third kappa shape index (κ3) is 5.71. The molecule has 2 amide bonds. The number of carbonyl (C=O) groups excluding carboxylic acids is 1. The summed E-state index contributed by atoms with van der Waals surface area (Å²) in [7, 11) is 3.12. The van der Waals surface area contributed by atoms with E-state index in [1.807, 2.05) is 36.4 Å². The molecule has 3 aromatic rings.